The summed E-state index contributed by atoms with van der Waals surface area (Å²) in [5.74, 6) is 0. The van der Waals surface area contributed by atoms with Crippen LogP contribution >= 0.6 is 0 Å². The minimum Gasteiger partial charge on any atom is -1.00 e. The number of quaternary nitrogens is 2. The van der Waals surface area contributed by atoms with Crippen LogP contribution in [0.25, 0.3) is 0 Å². The van der Waals surface area contributed by atoms with Crippen LogP contribution in [0.1, 0.15) is 39.0 Å². The van der Waals surface area contributed by atoms with Crippen molar-refractivity contribution >= 4 is 0 Å². The van der Waals surface area contributed by atoms with Gasteiger partial charge in [-0.05, 0) is 6.42 Å². The zero-order valence-electron chi connectivity index (χ0n) is 13.9. The summed E-state index contributed by atoms with van der Waals surface area (Å²) >= 11 is 0. The van der Waals surface area contributed by atoms with Gasteiger partial charge in [0.25, 0.3) is 0 Å². The molecule has 6 heteroatoms. The van der Waals surface area contributed by atoms with Crippen molar-refractivity contribution in [3.8, 4) is 0 Å². The van der Waals surface area contributed by atoms with Crippen molar-refractivity contribution in [3.05, 3.63) is 0 Å². The summed E-state index contributed by atoms with van der Waals surface area (Å²) in [6.45, 7) is 6.03. The standard InChI is InChI=1S/C14H34N4.2HI/c1-6-7-8-12-18(15-2,16-3)14-10-9-11-17(4,5)13-14;;/h14-16H,6-13H2,1-5H3;2*1H/q+2;;/p-2. The van der Waals surface area contributed by atoms with E-state index < -0.39 is 0 Å². The van der Waals surface area contributed by atoms with E-state index in [0.29, 0.717) is 6.04 Å². The molecule has 1 rings (SSSR count). The number of nitrogens with one attached hydrogen (secondary N) is 2. The molecule has 124 valence electrons. The fourth-order valence-electron chi connectivity index (χ4n) is 3.36. The lowest BCUT2D eigenvalue weighted by Crippen LogP contribution is -3.00. The van der Waals surface area contributed by atoms with E-state index in [1.165, 1.54) is 51.7 Å². The third kappa shape index (κ3) is 6.60. The van der Waals surface area contributed by atoms with Gasteiger partial charge in [0.05, 0.1) is 20.6 Å². The van der Waals surface area contributed by atoms with Gasteiger partial charge in [-0.15, -0.1) is 0 Å². The molecule has 0 saturated carbocycles. The van der Waals surface area contributed by atoms with Gasteiger partial charge >= 0.3 is 0 Å². The van der Waals surface area contributed by atoms with Crippen LogP contribution in [0.2, 0.25) is 0 Å². The van der Waals surface area contributed by atoms with Crippen molar-refractivity contribution < 1.29 is 57.1 Å². The highest BCUT2D eigenvalue weighted by Crippen LogP contribution is 2.22. The second kappa shape index (κ2) is 10.9. The summed E-state index contributed by atoms with van der Waals surface area (Å²) in [4.78, 5) is 0. The number of piperidine rings is 1. The predicted molar refractivity (Wildman–Crippen MR) is 77.6 cm³/mol. The van der Waals surface area contributed by atoms with Gasteiger partial charge in [-0.2, -0.15) is 15.6 Å². The first-order valence-corrected chi connectivity index (χ1v) is 7.57. The molecule has 1 unspecified atom stereocenters. The first-order valence-electron chi connectivity index (χ1n) is 7.57. The molecule has 0 bridgehead atoms. The lowest BCUT2D eigenvalue weighted by atomic mass is 10.0. The highest BCUT2D eigenvalue weighted by Gasteiger charge is 2.42. The Morgan fingerprint density at radius 2 is 1.70 bits per heavy atom. The molecule has 1 fully saturated rings. The van der Waals surface area contributed by atoms with Crippen LogP contribution in [0.3, 0.4) is 0 Å². The Labute approximate surface area is 160 Å². The van der Waals surface area contributed by atoms with E-state index in [9.17, 15) is 0 Å². The summed E-state index contributed by atoms with van der Waals surface area (Å²) in [7, 11) is 8.91. The van der Waals surface area contributed by atoms with Crippen molar-refractivity contribution in [1.29, 1.82) is 0 Å². The van der Waals surface area contributed by atoms with Crippen LogP contribution < -0.4 is 58.8 Å². The quantitative estimate of drug-likeness (QED) is 0.156. The van der Waals surface area contributed by atoms with E-state index in [2.05, 4.69) is 46.0 Å². The molecule has 0 aromatic rings. The molecule has 1 heterocycles. The average Bonchev–Trinajstić information content (AvgIpc) is 2.34. The minimum atomic E-state index is 0. The van der Waals surface area contributed by atoms with Gasteiger partial charge in [0, 0.05) is 33.4 Å². The highest BCUT2D eigenvalue weighted by molar-refractivity contribution is 4.64. The van der Waals surface area contributed by atoms with Gasteiger partial charge in [-0.3, -0.25) is 0 Å². The number of halogens is 2. The smallest absolute Gasteiger partial charge is 0.174 e. The molecule has 4 nitrogen and oxygen atoms in total. The zero-order valence-corrected chi connectivity index (χ0v) is 18.2. The topological polar surface area (TPSA) is 24.1 Å². The molecular formula is C14H34I2N4. The maximum atomic E-state index is 3.55. The minimum absolute atomic E-state index is 0. The van der Waals surface area contributed by atoms with Gasteiger partial charge < -0.3 is 52.4 Å². The number of hydrogen-bond acceptors (Lipinski definition) is 2. The molecule has 1 aliphatic rings. The Hall–Kier alpha value is 1.30. The van der Waals surface area contributed by atoms with Gasteiger partial charge in [0.1, 0.15) is 13.1 Å². The SMILES string of the molecule is CCCCC[N+](NC)(NC)C1CCC[N+](C)(C)C1.[I-].[I-]. The third-order valence-electron chi connectivity index (χ3n) is 4.54. The number of likely N-dealkylation sites (N-methyl/N-ethyl adjacent to an activating group) is 1. The molecule has 2 N–H and O–H groups in total. The van der Waals surface area contributed by atoms with Crippen LogP contribution in [0.15, 0.2) is 0 Å². The van der Waals surface area contributed by atoms with Crippen LogP contribution in [-0.4, -0.2) is 63.1 Å². The fourth-order valence-corrected chi connectivity index (χ4v) is 3.36. The molecule has 1 saturated heterocycles. The number of nitrogens with zero attached hydrogens (tertiary/aromatic N) is 2. The summed E-state index contributed by atoms with van der Waals surface area (Å²) in [5.41, 5.74) is 7.10. The van der Waals surface area contributed by atoms with Crippen molar-refractivity contribution in [2.24, 2.45) is 0 Å². The molecule has 1 atom stereocenters. The normalized spacial score (nSPS) is 21.8. The maximum absolute atomic E-state index is 3.55. The molecule has 1 aliphatic heterocycles. The Kier molecular flexibility index (Phi) is 12.9. The first-order chi connectivity index (χ1) is 8.49. The number of unbranched alkanes of at least 4 members (excludes halogenated alkanes) is 2. The van der Waals surface area contributed by atoms with E-state index in [-0.39, 0.29) is 48.0 Å². The monoisotopic (exact) mass is 512 g/mol. The molecule has 0 aliphatic carbocycles. The Morgan fingerprint density at radius 3 is 2.15 bits per heavy atom. The zero-order chi connectivity index (χ0) is 13.6. The summed E-state index contributed by atoms with van der Waals surface area (Å²) < 4.78 is 2.03. The van der Waals surface area contributed by atoms with Crippen molar-refractivity contribution in [2.75, 3.05) is 47.8 Å². The van der Waals surface area contributed by atoms with E-state index in [4.69, 9.17) is 0 Å². The van der Waals surface area contributed by atoms with Crippen molar-refractivity contribution in [1.82, 2.24) is 10.9 Å². The molecule has 0 spiro atoms. The van der Waals surface area contributed by atoms with Gasteiger partial charge in [0.2, 0.25) is 0 Å². The van der Waals surface area contributed by atoms with E-state index in [1.807, 2.05) is 0 Å². The van der Waals surface area contributed by atoms with Crippen molar-refractivity contribution in [3.63, 3.8) is 0 Å². The number of likely N-dealkylation sites (tertiary alicyclic amines) is 1. The second-order valence-corrected chi connectivity index (χ2v) is 6.38. The molecule has 0 aromatic heterocycles. The number of hydrogen-bond donors (Lipinski definition) is 2. The summed E-state index contributed by atoms with van der Waals surface area (Å²) in [6, 6.07) is 0.681. The van der Waals surface area contributed by atoms with E-state index >= 15 is 0 Å². The third-order valence-corrected chi connectivity index (χ3v) is 4.54. The Morgan fingerprint density at radius 1 is 1.10 bits per heavy atom. The molecule has 20 heavy (non-hydrogen) atoms. The van der Waals surface area contributed by atoms with Gasteiger partial charge in [-0.25, -0.2) is 0 Å². The number of rotatable bonds is 7. The van der Waals surface area contributed by atoms with Gasteiger partial charge in [-0.1, -0.05) is 13.3 Å². The highest BCUT2D eigenvalue weighted by atomic mass is 127. The molecule has 0 aromatic carbocycles. The predicted octanol–water partition coefficient (Wildman–Crippen LogP) is -4.49. The van der Waals surface area contributed by atoms with E-state index in [1.54, 1.807) is 0 Å². The lowest BCUT2D eigenvalue weighted by Gasteiger charge is -2.47. The fraction of sp³-hybridized carbons (Fsp3) is 1.00. The van der Waals surface area contributed by atoms with Crippen LogP contribution in [0, 0.1) is 0 Å². The summed E-state index contributed by atoms with van der Waals surface area (Å²) in [5, 5.41) is 0. The maximum Gasteiger partial charge on any atom is 0.174 e. The lowest BCUT2D eigenvalue weighted by molar-refractivity contribution is -1.05. The average molecular weight is 512 g/mol. The van der Waals surface area contributed by atoms with E-state index in [0.717, 1.165) is 9.18 Å². The molecule has 0 amide bonds. The molecule has 0 radical (unpaired) electrons. The second-order valence-electron chi connectivity index (χ2n) is 6.38. The van der Waals surface area contributed by atoms with Crippen LogP contribution in [0.5, 0.6) is 0 Å². The Bertz CT molecular complexity index is 245. The Balaban J connectivity index is 0. The van der Waals surface area contributed by atoms with Crippen LogP contribution in [0.4, 0.5) is 0 Å². The summed E-state index contributed by atoms with van der Waals surface area (Å²) in [6.07, 6.45) is 6.58. The molecular weight excluding hydrogens is 478 g/mol. The first kappa shape index (κ1) is 23.6. The largest absolute Gasteiger partial charge is 1.00 e. The van der Waals surface area contributed by atoms with Crippen LogP contribution in [-0.2, 0) is 0 Å². The van der Waals surface area contributed by atoms with Gasteiger partial charge in [0.15, 0.2) is 6.04 Å². The van der Waals surface area contributed by atoms with Crippen molar-refractivity contribution in [2.45, 2.75) is 45.1 Å².